The van der Waals surface area contributed by atoms with E-state index in [1.165, 1.54) is 12.1 Å². The second-order valence-corrected chi connectivity index (χ2v) is 6.73. The normalized spacial score (nSPS) is 14.7. The Kier molecular flexibility index (Phi) is 5.94. The number of nitrogens with zero attached hydrogens (tertiary/aromatic N) is 3. The summed E-state index contributed by atoms with van der Waals surface area (Å²) >= 11 is 6.42. The second kappa shape index (κ2) is 8.38. The number of anilines is 2. The van der Waals surface area contributed by atoms with Crippen LogP contribution in [0.4, 0.5) is 15.8 Å². The molecule has 0 bridgehead atoms. The molecule has 1 fully saturated rings. The number of piperazine rings is 1. The van der Waals surface area contributed by atoms with Gasteiger partial charge in [-0.3, -0.25) is 4.79 Å². The van der Waals surface area contributed by atoms with Gasteiger partial charge in [-0.15, -0.1) is 0 Å². The highest BCUT2D eigenvalue weighted by molar-refractivity contribution is 6.34. The average molecular weight is 387 g/mol. The largest absolute Gasteiger partial charge is 0.366 e. The van der Waals surface area contributed by atoms with Crippen molar-refractivity contribution < 1.29 is 9.18 Å². The van der Waals surface area contributed by atoms with Crippen LogP contribution in [0.1, 0.15) is 22.8 Å². The number of benzene rings is 2. The molecule has 0 atom stereocenters. The third-order valence-electron chi connectivity index (χ3n) is 4.71. The lowest BCUT2D eigenvalue weighted by molar-refractivity contribution is 0.102. The van der Waals surface area contributed by atoms with E-state index in [4.69, 9.17) is 16.9 Å². The average Bonchev–Trinajstić information content (AvgIpc) is 2.68. The third kappa shape index (κ3) is 4.21. The van der Waals surface area contributed by atoms with Crippen molar-refractivity contribution >= 4 is 28.9 Å². The Hall–Kier alpha value is -2.62. The first-order valence-electron chi connectivity index (χ1n) is 8.80. The molecule has 1 aliphatic heterocycles. The molecule has 2 aromatic rings. The minimum Gasteiger partial charge on any atom is -0.366 e. The zero-order chi connectivity index (χ0) is 19.4. The number of amides is 1. The van der Waals surface area contributed by atoms with Crippen molar-refractivity contribution in [1.29, 1.82) is 5.26 Å². The summed E-state index contributed by atoms with van der Waals surface area (Å²) in [6.07, 6.45) is 0. The zero-order valence-electron chi connectivity index (χ0n) is 15.0. The maximum atomic E-state index is 14.2. The lowest BCUT2D eigenvalue weighted by atomic mass is 10.1. The SMILES string of the molecule is CCN1CCN(c2c(Cl)cccc2NC(=O)c2ccc(C#N)cc2F)CC1. The predicted molar refractivity (Wildman–Crippen MR) is 105 cm³/mol. The number of nitriles is 1. The van der Waals surface area contributed by atoms with Gasteiger partial charge in [-0.05, 0) is 36.9 Å². The summed E-state index contributed by atoms with van der Waals surface area (Å²) in [5.74, 6) is -1.31. The summed E-state index contributed by atoms with van der Waals surface area (Å²) in [5.41, 5.74) is 1.34. The molecule has 5 nitrogen and oxygen atoms in total. The van der Waals surface area contributed by atoms with Gasteiger partial charge in [0.05, 0.1) is 33.6 Å². The van der Waals surface area contributed by atoms with E-state index < -0.39 is 11.7 Å². The van der Waals surface area contributed by atoms with Crippen LogP contribution in [-0.2, 0) is 0 Å². The summed E-state index contributed by atoms with van der Waals surface area (Å²) in [5, 5.41) is 12.1. The van der Waals surface area contributed by atoms with Crippen LogP contribution >= 0.6 is 11.6 Å². The van der Waals surface area contributed by atoms with Crippen molar-refractivity contribution in [3.8, 4) is 6.07 Å². The minimum atomic E-state index is -0.730. The van der Waals surface area contributed by atoms with Gasteiger partial charge in [0.15, 0.2) is 0 Å². The number of halogens is 2. The van der Waals surface area contributed by atoms with E-state index in [1.54, 1.807) is 18.2 Å². The lowest BCUT2D eigenvalue weighted by Crippen LogP contribution is -2.46. The number of carbonyl (C=O) groups is 1. The van der Waals surface area contributed by atoms with Crippen molar-refractivity contribution in [2.75, 3.05) is 42.9 Å². The molecule has 7 heteroatoms. The molecule has 1 N–H and O–H groups in total. The van der Waals surface area contributed by atoms with E-state index in [2.05, 4.69) is 22.0 Å². The van der Waals surface area contributed by atoms with Gasteiger partial charge in [-0.1, -0.05) is 24.6 Å². The Morgan fingerprint density at radius 2 is 2.00 bits per heavy atom. The van der Waals surface area contributed by atoms with E-state index in [-0.39, 0.29) is 11.1 Å². The quantitative estimate of drug-likeness (QED) is 0.869. The topological polar surface area (TPSA) is 59.4 Å². The van der Waals surface area contributed by atoms with Crippen LogP contribution in [0, 0.1) is 17.1 Å². The van der Waals surface area contributed by atoms with Crippen molar-refractivity contribution in [3.63, 3.8) is 0 Å². The number of carbonyl (C=O) groups excluding carboxylic acids is 1. The summed E-state index contributed by atoms with van der Waals surface area (Å²) in [4.78, 5) is 17.1. The van der Waals surface area contributed by atoms with Crippen LogP contribution in [0.5, 0.6) is 0 Å². The monoisotopic (exact) mass is 386 g/mol. The minimum absolute atomic E-state index is 0.115. The van der Waals surface area contributed by atoms with Gasteiger partial charge in [0.1, 0.15) is 5.82 Å². The number of likely N-dealkylation sites (N-methyl/N-ethyl adjacent to an activating group) is 1. The first kappa shape index (κ1) is 19.2. The molecule has 0 saturated carbocycles. The lowest BCUT2D eigenvalue weighted by Gasteiger charge is -2.36. The fourth-order valence-electron chi connectivity index (χ4n) is 3.18. The molecular weight excluding hydrogens is 367 g/mol. The first-order valence-corrected chi connectivity index (χ1v) is 9.18. The van der Waals surface area contributed by atoms with Crippen molar-refractivity contribution in [3.05, 3.63) is 58.4 Å². The molecule has 0 spiro atoms. The molecule has 1 heterocycles. The first-order chi connectivity index (χ1) is 13.0. The van der Waals surface area contributed by atoms with Crippen LogP contribution in [0.3, 0.4) is 0 Å². The molecule has 0 aromatic heterocycles. The third-order valence-corrected chi connectivity index (χ3v) is 5.02. The van der Waals surface area contributed by atoms with E-state index in [1.807, 2.05) is 6.07 Å². The fraction of sp³-hybridized carbons (Fsp3) is 0.300. The van der Waals surface area contributed by atoms with Gasteiger partial charge in [-0.25, -0.2) is 4.39 Å². The van der Waals surface area contributed by atoms with E-state index in [0.29, 0.717) is 10.7 Å². The maximum absolute atomic E-state index is 14.2. The Balaban J connectivity index is 1.84. The molecule has 1 amide bonds. The smallest absolute Gasteiger partial charge is 0.258 e. The number of hydrogen-bond donors (Lipinski definition) is 1. The van der Waals surface area contributed by atoms with Crippen molar-refractivity contribution in [1.82, 2.24) is 4.90 Å². The second-order valence-electron chi connectivity index (χ2n) is 6.32. The number of rotatable bonds is 4. The van der Waals surface area contributed by atoms with Gasteiger partial charge < -0.3 is 15.1 Å². The van der Waals surface area contributed by atoms with Gasteiger partial charge in [-0.2, -0.15) is 5.26 Å². The molecule has 140 valence electrons. The van der Waals surface area contributed by atoms with Crippen LogP contribution in [0.25, 0.3) is 0 Å². The highest BCUT2D eigenvalue weighted by atomic mass is 35.5. The van der Waals surface area contributed by atoms with E-state index in [0.717, 1.165) is 44.5 Å². The highest BCUT2D eigenvalue weighted by Crippen LogP contribution is 2.35. The van der Waals surface area contributed by atoms with Gasteiger partial charge in [0, 0.05) is 26.2 Å². The summed E-state index contributed by atoms with van der Waals surface area (Å²) in [7, 11) is 0. The number of hydrogen-bond acceptors (Lipinski definition) is 4. The molecule has 27 heavy (non-hydrogen) atoms. The van der Waals surface area contributed by atoms with Crippen LogP contribution in [-0.4, -0.2) is 43.5 Å². The van der Waals surface area contributed by atoms with Crippen molar-refractivity contribution in [2.45, 2.75) is 6.92 Å². The fourth-order valence-corrected chi connectivity index (χ4v) is 3.48. The standard InChI is InChI=1S/C20H20ClFN4O/c1-2-25-8-10-26(11-9-25)19-16(21)4-3-5-18(19)24-20(27)15-7-6-14(13-23)12-17(15)22/h3-7,12H,2,8-11H2,1H3,(H,24,27). The maximum Gasteiger partial charge on any atom is 0.258 e. The molecule has 1 saturated heterocycles. The number of nitrogens with one attached hydrogen (secondary N) is 1. The van der Waals surface area contributed by atoms with E-state index >= 15 is 0 Å². The molecule has 0 aliphatic carbocycles. The van der Waals surface area contributed by atoms with Crippen LogP contribution in [0.2, 0.25) is 5.02 Å². The predicted octanol–water partition coefficient (Wildman–Crippen LogP) is 3.74. The molecule has 1 aliphatic rings. The number of para-hydroxylation sites is 1. The zero-order valence-corrected chi connectivity index (χ0v) is 15.8. The molecular formula is C20H20ClFN4O. The summed E-state index contributed by atoms with van der Waals surface area (Å²) in [6, 6.07) is 10.9. The van der Waals surface area contributed by atoms with Gasteiger partial charge in [0.25, 0.3) is 5.91 Å². The van der Waals surface area contributed by atoms with E-state index in [9.17, 15) is 9.18 Å². The highest BCUT2D eigenvalue weighted by Gasteiger charge is 2.22. The Bertz CT molecular complexity index is 888. The molecule has 3 rings (SSSR count). The van der Waals surface area contributed by atoms with Gasteiger partial charge >= 0.3 is 0 Å². The summed E-state index contributed by atoms with van der Waals surface area (Å²) < 4.78 is 14.2. The Morgan fingerprint density at radius 1 is 1.26 bits per heavy atom. The molecule has 0 radical (unpaired) electrons. The van der Waals surface area contributed by atoms with Crippen LogP contribution < -0.4 is 10.2 Å². The van der Waals surface area contributed by atoms with Crippen molar-refractivity contribution in [2.24, 2.45) is 0 Å². The van der Waals surface area contributed by atoms with Crippen LogP contribution in [0.15, 0.2) is 36.4 Å². The Morgan fingerprint density at radius 3 is 2.63 bits per heavy atom. The molecule has 2 aromatic carbocycles. The molecule has 0 unspecified atom stereocenters. The van der Waals surface area contributed by atoms with Gasteiger partial charge in [0.2, 0.25) is 0 Å². The summed E-state index contributed by atoms with van der Waals surface area (Å²) in [6.45, 7) is 6.55. The Labute approximate surface area is 162 Å².